The molecule has 28 heavy (non-hydrogen) atoms. The standard InChI is InChI=1S/C22H31N3O3/c1-22(2,3)25-15-17(14-19(25)26)21(28)24-12-10-16(11-13-24)20(27)23(4)18-8-6-5-7-9-18/h5-9,16-17H,10-15H2,1-4H3. The number of rotatable bonds is 3. The van der Waals surface area contributed by atoms with E-state index in [9.17, 15) is 14.4 Å². The van der Waals surface area contributed by atoms with Gasteiger partial charge in [0.05, 0.1) is 5.92 Å². The highest BCUT2D eigenvalue weighted by atomic mass is 16.2. The molecule has 0 N–H and O–H groups in total. The number of carbonyl (C=O) groups excluding carboxylic acids is 3. The van der Waals surface area contributed by atoms with Crippen LogP contribution in [-0.2, 0) is 14.4 Å². The molecule has 0 aromatic heterocycles. The topological polar surface area (TPSA) is 60.9 Å². The summed E-state index contributed by atoms with van der Waals surface area (Å²) in [6, 6.07) is 9.62. The molecule has 1 aromatic rings. The Morgan fingerprint density at radius 3 is 2.18 bits per heavy atom. The maximum atomic E-state index is 12.9. The molecule has 2 saturated heterocycles. The minimum atomic E-state index is -0.258. The van der Waals surface area contributed by atoms with Crippen LogP contribution in [0.5, 0.6) is 0 Å². The van der Waals surface area contributed by atoms with Gasteiger partial charge in [-0.05, 0) is 45.7 Å². The molecule has 2 aliphatic heterocycles. The molecule has 2 aliphatic rings. The highest BCUT2D eigenvalue weighted by molar-refractivity contribution is 5.95. The maximum Gasteiger partial charge on any atom is 0.229 e. The molecule has 0 saturated carbocycles. The Morgan fingerprint density at radius 1 is 1.04 bits per heavy atom. The summed E-state index contributed by atoms with van der Waals surface area (Å²) in [6.45, 7) is 7.65. The molecule has 3 rings (SSSR count). The lowest BCUT2D eigenvalue weighted by Gasteiger charge is -2.35. The molecule has 3 amide bonds. The quantitative estimate of drug-likeness (QED) is 0.803. The molecule has 152 valence electrons. The van der Waals surface area contributed by atoms with Gasteiger partial charge in [0, 0.05) is 50.2 Å². The summed E-state index contributed by atoms with van der Waals surface area (Å²) in [5.74, 6) is -0.104. The van der Waals surface area contributed by atoms with Gasteiger partial charge in [0.15, 0.2) is 0 Å². The van der Waals surface area contributed by atoms with Crippen LogP contribution in [0.1, 0.15) is 40.0 Å². The van der Waals surface area contributed by atoms with Gasteiger partial charge in [0.2, 0.25) is 17.7 Å². The van der Waals surface area contributed by atoms with E-state index in [1.807, 2.05) is 56.0 Å². The molecule has 2 fully saturated rings. The van der Waals surface area contributed by atoms with Crippen LogP contribution in [0.25, 0.3) is 0 Å². The van der Waals surface area contributed by atoms with Crippen LogP contribution in [0.15, 0.2) is 30.3 Å². The summed E-state index contributed by atoms with van der Waals surface area (Å²) >= 11 is 0. The summed E-state index contributed by atoms with van der Waals surface area (Å²) in [7, 11) is 1.81. The minimum absolute atomic E-state index is 0.0559. The van der Waals surface area contributed by atoms with E-state index in [1.54, 1.807) is 16.8 Å². The zero-order valence-electron chi connectivity index (χ0n) is 17.4. The third-order valence-corrected chi connectivity index (χ3v) is 5.91. The number of carbonyl (C=O) groups is 3. The summed E-state index contributed by atoms with van der Waals surface area (Å²) in [4.78, 5) is 43.3. The Bertz CT molecular complexity index is 733. The fraction of sp³-hybridized carbons (Fsp3) is 0.591. The average Bonchev–Trinajstić information content (AvgIpc) is 3.09. The molecule has 2 heterocycles. The van der Waals surface area contributed by atoms with Gasteiger partial charge in [-0.15, -0.1) is 0 Å². The number of hydrogen-bond donors (Lipinski definition) is 0. The smallest absolute Gasteiger partial charge is 0.229 e. The first-order valence-electron chi connectivity index (χ1n) is 10.1. The zero-order valence-corrected chi connectivity index (χ0v) is 17.4. The number of amides is 3. The number of piperidine rings is 1. The summed E-state index contributed by atoms with van der Waals surface area (Å²) in [5, 5.41) is 0. The van der Waals surface area contributed by atoms with E-state index in [-0.39, 0.29) is 35.1 Å². The molecule has 0 radical (unpaired) electrons. The highest BCUT2D eigenvalue weighted by Crippen LogP contribution is 2.29. The van der Waals surface area contributed by atoms with E-state index in [1.165, 1.54) is 0 Å². The number of anilines is 1. The van der Waals surface area contributed by atoms with Crippen molar-refractivity contribution in [2.45, 2.75) is 45.6 Å². The van der Waals surface area contributed by atoms with Crippen molar-refractivity contribution in [3.05, 3.63) is 30.3 Å². The Kier molecular flexibility index (Phi) is 5.77. The van der Waals surface area contributed by atoms with Crippen molar-refractivity contribution in [3.63, 3.8) is 0 Å². The van der Waals surface area contributed by atoms with Gasteiger partial charge in [0.25, 0.3) is 0 Å². The second-order valence-corrected chi connectivity index (χ2v) is 8.91. The van der Waals surface area contributed by atoms with Crippen molar-refractivity contribution >= 4 is 23.4 Å². The second kappa shape index (κ2) is 7.94. The molecule has 0 aliphatic carbocycles. The number of para-hydroxylation sites is 1. The fourth-order valence-electron chi connectivity index (χ4n) is 4.18. The molecule has 6 nitrogen and oxygen atoms in total. The predicted molar refractivity (Wildman–Crippen MR) is 109 cm³/mol. The largest absolute Gasteiger partial charge is 0.342 e. The molecule has 1 atom stereocenters. The first-order valence-corrected chi connectivity index (χ1v) is 10.1. The monoisotopic (exact) mass is 385 g/mol. The van der Waals surface area contributed by atoms with Crippen LogP contribution in [-0.4, -0.2) is 59.7 Å². The molecular weight excluding hydrogens is 354 g/mol. The number of benzene rings is 1. The minimum Gasteiger partial charge on any atom is -0.342 e. The maximum absolute atomic E-state index is 12.9. The van der Waals surface area contributed by atoms with E-state index in [2.05, 4.69) is 0 Å². The van der Waals surface area contributed by atoms with Crippen molar-refractivity contribution in [3.8, 4) is 0 Å². The van der Waals surface area contributed by atoms with Crippen molar-refractivity contribution in [1.82, 2.24) is 9.80 Å². The van der Waals surface area contributed by atoms with Crippen LogP contribution < -0.4 is 4.90 Å². The van der Waals surface area contributed by atoms with Crippen LogP contribution in [0.3, 0.4) is 0 Å². The van der Waals surface area contributed by atoms with Gasteiger partial charge < -0.3 is 14.7 Å². The van der Waals surface area contributed by atoms with E-state index in [0.29, 0.717) is 38.9 Å². The lowest BCUT2D eigenvalue weighted by molar-refractivity contribution is -0.138. The van der Waals surface area contributed by atoms with Gasteiger partial charge in [0.1, 0.15) is 0 Å². The third-order valence-electron chi connectivity index (χ3n) is 5.91. The van der Waals surface area contributed by atoms with E-state index < -0.39 is 0 Å². The van der Waals surface area contributed by atoms with Crippen molar-refractivity contribution < 1.29 is 14.4 Å². The number of hydrogen-bond acceptors (Lipinski definition) is 3. The van der Waals surface area contributed by atoms with E-state index in [0.717, 1.165) is 5.69 Å². The van der Waals surface area contributed by atoms with Crippen LogP contribution in [0.2, 0.25) is 0 Å². The molecule has 0 bridgehead atoms. The zero-order chi connectivity index (χ0) is 20.5. The van der Waals surface area contributed by atoms with Crippen molar-refractivity contribution in [2.24, 2.45) is 11.8 Å². The molecular formula is C22H31N3O3. The molecule has 1 aromatic carbocycles. The Morgan fingerprint density at radius 2 is 1.64 bits per heavy atom. The van der Waals surface area contributed by atoms with Gasteiger partial charge >= 0.3 is 0 Å². The molecule has 6 heteroatoms. The molecule has 1 unspecified atom stereocenters. The fourth-order valence-corrected chi connectivity index (χ4v) is 4.18. The van der Waals surface area contributed by atoms with Gasteiger partial charge in [-0.1, -0.05) is 18.2 Å². The summed E-state index contributed by atoms with van der Waals surface area (Å²) < 4.78 is 0. The van der Waals surface area contributed by atoms with Crippen molar-refractivity contribution in [1.29, 1.82) is 0 Å². The van der Waals surface area contributed by atoms with Crippen LogP contribution in [0.4, 0.5) is 5.69 Å². The van der Waals surface area contributed by atoms with E-state index >= 15 is 0 Å². The van der Waals surface area contributed by atoms with E-state index in [4.69, 9.17) is 0 Å². The molecule has 0 spiro atoms. The summed E-state index contributed by atoms with van der Waals surface area (Å²) in [5.41, 5.74) is 0.630. The Balaban J connectivity index is 1.55. The van der Waals surface area contributed by atoms with Gasteiger partial charge in [-0.3, -0.25) is 14.4 Å². The van der Waals surface area contributed by atoms with Crippen molar-refractivity contribution in [2.75, 3.05) is 31.6 Å². The second-order valence-electron chi connectivity index (χ2n) is 8.91. The average molecular weight is 386 g/mol. The Hall–Kier alpha value is -2.37. The first kappa shape index (κ1) is 20.4. The SMILES string of the molecule is CN(C(=O)C1CCN(C(=O)C2CC(=O)N(C(C)(C)C)C2)CC1)c1ccccc1. The van der Waals surface area contributed by atoms with Gasteiger partial charge in [-0.25, -0.2) is 0 Å². The normalized spacial score (nSPS) is 21.1. The lowest BCUT2D eigenvalue weighted by atomic mass is 9.94. The predicted octanol–water partition coefficient (Wildman–Crippen LogP) is 2.54. The first-order chi connectivity index (χ1) is 13.2. The van der Waals surface area contributed by atoms with Gasteiger partial charge in [-0.2, -0.15) is 0 Å². The summed E-state index contributed by atoms with van der Waals surface area (Å²) in [6.07, 6.45) is 1.64. The van der Waals surface area contributed by atoms with Crippen LogP contribution in [0, 0.1) is 11.8 Å². The lowest BCUT2D eigenvalue weighted by Crippen LogP contribution is -2.46. The number of likely N-dealkylation sites (tertiary alicyclic amines) is 2. The third kappa shape index (κ3) is 4.21. The number of nitrogens with zero attached hydrogens (tertiary/aromatic N) is 3. The van der Waals surface area contributed by atoms with Crippen LogP contribution >= 0.6 is 0 Å². The highest BCUT2D eigenvalue weighted by Gasteiger charge is 2.41. The Labute approximate surface area is 167 Å².